The van der Waals surface area contributed by atoms with Gasteiger partial charge < -0.3 is 9.88 Å². The molecule has 0 atom stereocenters. The van der Waals surface area contributed by atoms with Crippen molar-refractivity contribution >= 4 is 58.8 Å². The van der Waals surface area contributed by atoms with Crippen LogP contribution in [0.25, 0.3) is 11.0 Å². The lowest BCUT2D eigenvalue weighted by atomic mass is 9.97. The highest BCUT2D eigenvalue weighted by atomic mass is 79.9. The third-order valence-electron chi connectivity index (χ3n) is 4.65. The van der Waals surface area contributed by atoms with Gasteiger partial charge in [-0.3, -0.25) is 0 Å². The van der Waals surface area contributed by atoms with Gasteiger partial charge >= 0.3 is 0 Å². The summed E-state index contributed by atoms with van der Waals surface area (Å²) in [5.41, 5.74) is 3.85. The van der Waals surface area contributed by atoms with Gasteiger partial charge in [-0.1, -0.05) is 0 Å². The van der Waals surface area contributed by atoms with E-state index in [2.05, 4.69) is 57.7 Å². The average Bonchev–Trinajstić information content (AvgIpc) is 2.92. The van der Waals surface area contributed by atoms with Crippen LogP contribution in [0.4, 0.5) is 0 Å². The van der Waals surface area contributed by atoms with E-state index in [0.29, 0.717) is 5.92 Å². The highest BCUT2D eigenvalue weighted by molar-refractivity contribution is 9.14. The quantitative estimate of drug-likeness (QED) is 0.601. The van der Waals surface area contributed by atoms with Crippen molar-refractivity contribution in [3.8, 4) is 0 Å². The highest BCUT2D eigenvalue weighted by Gasteiger charge is 2.28. The van der Waals surface area contributed by atoms with Crippen molar-refractivity contribution in [2.45, 2.75) is 38.1 Å². The van der Waals surface area contributed by atoms with E-state index in [1.165, 1.54) is 40.6 Å². The topological polar surface area (TPSA) is 29.9 Å². The molecule has 1 aromatic heterocycles. The molecule has 0 unspecified atom stereocenters. The fraction of sp³-hybridized carbons (Fsp3) is 0.533. The summed E-state index contributed by atoms with van der Waals surface area (Å²) in [5.74, 6) is 1.88. The normalized spacial score (nSPS) is 19.4. The second-order valence-electron chi connectivity index (χ2n) is 5.87. The molecule has 4 rings (SSSR count). The van der Waals surface area contributed by atoms with Crippen molar-refractivity contribution in [2.75, 3.05) is 13.1 Å². The van der Waals surface area contributed by atoms with Crippen LogP contribution >= 0.6 is 47.8 Å². The minimum atomic E-state index is 0.592. The van der Waals surface area contributed by atoms with E-state index in [4.69, 9.17) is 4.98 Å². The lowest BCUT2D eigenvalue weighted by molar-refractivity contribution is 0.428. The maximum Gasteiger partial charge on any atom is 0.113 e. The molecular formula is C15H16Br3N3. The summed E-state index contributed by atoms with van der Waals surface area (Å²) in [6.07, 6.45) is 4.71. The summed E-state index contributed by atoms with van der Waals surface area (Å²) in [6.45, 7) is 3.31. The molecule has 1 aromatic carbocycles. The van der Waals surface area contributed by atoms with E-state index in [0.717, 1.165) is 40.5 Å². The monoisotopic (exact) mass is 475 g/mol. The number of rotatable bonds is 1. The van der Waals surface area contributed by atoms with Crippen LogP contribution in [-0.2, 0) is 13.0 Å². The van der Waals surface area contributed by atoms with E-state index >= 15 is 0 Å². The number of hydrogen-bond acceptors (Lipinski definition) is 2. The second kappa shape index (κ2) is 5.62. The molecule has 1 saturated heterocycles. The van der Waals surface area contributed by atoms with Crippen LogP contribution < -0.4 is 5.32 Å². The predicted molar refractivity (Wildman–Crippen MR) is 96.0 cm³/mol. The third kappa shape index (κ3) is 2.25. The average molecular weight is 478 g/mol. The molecular weight excluding hydrogens is 462 g/mol. The fourth-order valence-electron chi connectivity index (χ4n) is 3.63. The summed E-state index contributed by atoms with van der Waals surface area (Å²) in [6, 6.07) is 0. The molecule has 0 amide bonds. The Balaban J connectivity index is 1.98. The van der Waals surface area contributed by atoms with E-state index in [1.54, 1.807) is 0 Å². The van der Waals surface area contributed by atoms with Gasteiger partial charge in [0.2, 0.25) is 0 Å². The van der Waals surface area contributed by atoms with E-state index < -0.39 is 0 Å². The van der Waals surface area contributed by atoms with Gasteiger partial charge in [-0.2, -0.15) is 0 Å². The fourth-order valence-corrected chi connectivity index (χ4v) is 5.38. The van der Waals surface area contributed by atoms with Crippen LogP contribution in [0.3, 0.4) is 0 Å². The largest absolute Gasteiger partial charge is 0.327 e. The Morgan fingerprint density at radius 2 is 1.81 bits per heavy atom. The number of nitrogens with one attached hydrogen (secondary N) is 1. The Kier molecular flexibility index (Phi) is 3.93. The molecule has 0 saturated carbocycles. The molecule has 0 spiro atoms. The Morgan fingerprint density at radius 1 is 1.05 bits per heavy atom. The second-order valence-corrected chi connectivity index (χ2v) is 8.25. The van der Waals surface area contributed by atoms with Crippen LogP contribution in [0.2, 0.25) is 0 Å². The number of aryl methyl sites for hydroxylation is 2. The third-order valence-corrected chi connectivity index (χ3v) is 8.16. The Morgan fingerprint density at radius 3 is 2.57 bits per heavy atom. The Bertz CT molecular complexity index is 717. The van der Waals surface area contributed by atoms with Gasteiger partial charge in [0.1, 0.15) is 11.3 Å². The number of halogens is 3. The van der Waals surface area contributed by atoms with Crippen LogP contribution in [0.1, 0.15) is 36.6 Å². The molecule has 0 radical (unpaired) electrons. The molecule has 3 heterocycles. The first-order valence-corrected chi connectivity index (χ1v) is 9.82. The SMILES string of the molecule is Brc1c(Br)c2c3c(nc(C4CCNCC4)n3CCC2)c1Br. The number of benzene rings is 1. The van der Waals surface area contributed by atoms with E-state index in [-0.39, 0.29) is 0 Å². The van der Waals surface area contributed by atoms with Crippen molar-refractivity contribution in [1.29, 1.82) is 0 Å². The van der Waals surface area contributed by atoms with Crippen molar-refractivity contribution in [3.05, 3.63) is 24.8 Å². The maximum atomic E-state index is 5.05. The van der Waals surface area contributed by atoms with Gasteiger partial charge in [-0.25, -0.2) is 4.98 Å². The lowest BCUT2D eigenvalue weighted by Crippen LogP contribution is -2.28. The summed E-state index contributed by atoms with van der Waals surface area (Å²) in [4.78, 5) is 5.05. The minimum Gasteiger partial charge on any atom is -0.327 e. The molecule has 2 aliphatic rings. The van der Waals surface area contributed by atoms with Crippen LogP contribution in [-0.4, -0.2) is 22.6 Å². The summed E-state index contributed by atoms with van der Waals surface area (Å²) < 4.78 is 5.82. The molecule has 6 heteroatoms. The summed E-state index contributed by atoms with van der Waals surface area (Å²) in [7, 11) is 0. The molecule has 0 bridgehead atoms. The molecule has 2 aliphatic heterocycles. The first-order valence-electron chi connectivity index (χ1n) is 7.44. The van der Waals surface area contributed by atoms with Crippen molar-refractivity contribution < 1.29 is 0 Å². The summed E-state index contributed by atoms with van der Waals surface area (Å²) >= 11 is 11.2. The van der Waals surface area contributed by atoms with Gasteiger partial charge in [0, 0.05) is 21.4 Å². The van der Waals surface area contributed by atoms with Crippen LogP contribution in [0.15, 0.2) is 13.4 Å². The zero-order valence-corrected chi connectivity index (χ0v) is 16.3. The summed E-state index contributed by atoms with van der Waals surface area (Å²) in [5, 5.41) is 3.45. The number of hydrogen-bond donors (Lipinski definition) is 1. The van der Waals surface area contributed by atoms with Gasteiger partial charge in [-0.05, 0) is 92.1 Å². The van der Waals surface area contributed by atoms with Gasteiger partial charge in [0.25, 0.3) is 0 Å². The van der Waals surface area contributed by atoms with Gasteiger partial charge in [0.15, 0.2) is 0 Å². The number of piperidine rings is 1. The van der Waals surface area contributed by atoms with Gasteiger partial charge in [-0.15, -0.1) is 0 Å². The smallest absolute Gasteiger partial charge is 0.113 e. The van der Waals surface area contributed by atoms with Crippen molar-refractivity contribution in [3.63, 3.8) is 0 Å². The molecule has 0 aliphatic carbocycles. The zero-order chi connectivity index (χ0) is 14.6. The standard InChI is InChI=1S/C15H16Br3N3/c16-10-9-2-1-7-21-14(9)13(12(18)11(10)17)20-15(21)8-3-5-19-6-4-8/h8,19H,1-7H2. The first kappa shape index (κ1) is 14.7. The van der Waals surface area contributed by atoms with E-state index in [9.17, 15) is 0 Å². The Labute approximate surface area is 149 Å². The maximum absolute atomic E-state index is 5.05. The van der Waals surface area contributed by atoms with Gasteiger partial charge in [0.05, 0.1) is 9.99 Å². The molecule has 1 N–H and O–H groups in total. The molecule has 112 valence electrons. The minimum absolute atomic E-state index is 0.592. The first-order chi connectivity index (χ1) is 10.2. The predicted octanol–water partition coefficient (Wildman–Crippen LogP) is 4.74. The molecule has 2 aromatic rings. The van der Waals surface area contributed by atoms with Crippen LogP contribution in [0.5, 0.6) is 0 Å². The van der Waals surface area contributed by atoms with Crippen LogP contribution in [0, 0.1) is 0 Å². The zero-order valence-electron chi connectivity index (χ0n) is 11.6. The van der Waals surface area contributed by atoms with Crippen molar-refractivity contribution in [2.24, 2.45) is 0 Å². The molecule has 3 nitrogen and oxygen atoms in total. The number of nitrogens with zero attached hydrogens (tertiary/aromatic N) is 2. The highest BCUT2D eigenvalue weighted by Crippen LogP contribution is 2.44. The molecule has 21 heavy (non-hydrogen) atoms. The number of aromatic nitrogens is 2. The van der Waals surface area contributed by atoms with E-state index in [1.807, 2.05) is 0 Å². The lowest BCUT2D eigenvalue weighted by Gasteiger charge is -2.25. The number of imidazole rings is 1. The Hall–Kier alpha value is 0.0900. The molecule has 1 fully saturated rings. The van der Waals surface area contributed by atoms with Crippen molar-refractivity contribution in [1.82, 2.24) is 14.9 Å².